The summed E-state index contributed by atoms with van der Waals surface area (Å²) in [6.07, 6.45) is 0.564. The van der Waals surface area contributed by atoms with E-state index >= 15 is 0 Å². The van der Waals surface area contributed by atoms with Gasteiger partial charge < -0.3 is 10.1 Å². The Bertz CT molecular complexity index is 1230. The van der Waals surface area contributed by atoms with E-state index < -0.39 is 28.0 Å². The normalized spacial score (nSPS) is 12.1. The van der Waals surface area contributed by atoms with Crippen molar-refractivity contribution in [2.45, 2.75) is 31.3 Å². The monoisotopic (exact) mass is 495 g/mol. The lowest BCUT2D eigenvalue weighted by Crippen LogP contribution is -2.32. The molecule has 1 atom stereocenters. The first-order valence-corrected chi connectivity index (χ1v) is 11.9. The van der Waals surface area contributed by atoms with Gasteiger partial charge >= 0.3 is 5.97 Å². The second-order valence-electron chi connectivity index (χ2n) is 6.39. The summed E-state index contributed by atoms with van der Waals surface area (Å²) in [4.78, 5) is 28.6. The summed E-state index contributed by atoms with van der Waals surface area (Å²) in [6.45, 7) is 3.39. The van der Waals surface area contributed by atoms with E-state index in [0.29, 0.717) is 10.7 Å². The van der Waals surface area contributed by atoms with Crippen molar-refractivity contribution < 1.29 is 22.7 Å². The van der Waals surface area contributed by atoms with Crippen LogP contribution in [0.15, 0.2) is 47.5 Å². The van der Waals surface area contributed by atoms with Crippen LogP contribution in [0.25, 0.3) is 0 Å². The second kappa shape index (κ2) is 10.0. The molecule has 0 fully saturated rings. The molecule has 13 heteroatoms. The molecule has 0 aliphatic rings. The Morgan fingerprint density at radius 3 is 2.50 bits per heavy atom. The van der Waals surface area contributed by atoms with Gasteiger partial charge in [-0.1, -0.05) is 29.9 Å². The number of carbonyl (C=O) groups excluding carboxylic acids is 2. The standard InChI is InChI=1S/C19H18ClN5O5S2/c1-3-15(30-18(27)14-5-4-10-21-16(14)20)17(26)22-12-6-8-13(9-7-12)32(28,29)25-19-24-23-11(2)31-19/h4-10,15H,3H2,1-2H3,(H,22,26)(H,24,25). The number of aromatic nitrogens is 3. The van der Waals surface area contributed by atoms with Crippen molar-refractivity contribution in [3.8, 4) is 0 Å². The lowest BCUT2D eigenvalue weighted by atomic mass is 10.2. The van der Waals surface area contributed by atoms with Crippen LogP contribution >= 0.6 is 22.9 Å². The van der Waals surface area contributed by atoms with Gasteiger partial charge in [0.2, 0.25) is 5.13 Å². The van der Waals surface area contributed by atoms with Crippen LogP contribution in [0.1, 0.15) is 28.7 Å². The molecular formula is C19H18ClN5O5S2. The Morgan fingerprint density at radius 2 is 1.91 bits per heavy atom. The molecule has 168 valence electrons. The van der Waals surface area contributed by atoms with E-state index in [2.05, 4.69) is 25.2 Å². The highest BCUT2D eigenvalue weighted by molar-refractivity contribution is 7.93. The molecule has 0 saturated carbocycles. The first kappa shape index (κ1) is 23.6. The summed E-state index contributed by atoms with van der Waals surface area (Å²) in [6, 6.07) is 8.47. The average molecular weight is 496 g/mol. The summed E-state index contributed by atoms with van der Waals surface area (Å²) in [5.41, 5.74) is 0.378. The van der Waals surface area contributed by atoms with Crippen LogP contribution in [0.3, 0.4) is 0 Å². The number of anilines is 2. The summed E-state index contributed by atoms with van der Waals surface area (Å²) < 4.78 is 32.5. The van der Waals surface area contributed by atoms with Gasteiger partial charge in [-0.3, -0.25) is 9.52 Å². The number of hydrogen-bond acceptors (Lipinski definition) is 9. The summed E-state index contributed by atoms with van der Waals surface area (Å²) in [5.74, 6) is -1.34. The smallest absolute Gasteiger partial charge is 0.342 e. The molecule has 1 aromatic carbocycles. The maximum atomic E-state index is 12.5. The number of aryl methyl sites for hydroxylation is 1. The average Bonchev–Trinajstić information content (AvgIpc) is 3.16. The molecule has 1 amide bonds. The van der Waals surface area contributed by atoms with Crippen molar-refractivity contribution in [1.82, 2.24) is 15.2 Å². The van der Waals surface area contributed by atoms with Crippen molar-refractivity contribution in [3.05, 3.63) is 58.3 Å². The van der Waals surface area contributed by atoms with Gasteiger partial charge in [0.05, 0.1) is 10.5 Å². The van der Waals surface area contributed by atoms with Crippen LogP contribution in [0.4, 0.5) is 10.8 Å². The number of carbonyl (C=O) groups is 2. The first-order chi connectivity index (χ1) is 15.2. The van der Waals surface area contributed by atoms with Gasteiger partial charge in [0.1, 0.15) is 10.2 Å². The van der Waals surface area contributed by atoms with Crippen molar-refractivity contribution in [2.75, 3.05) is 10.0 Å². The molecule has 32 heavy (non-hydrogen) atoms. The highest BCUT2D eigenvalue weighted by atomic mass is 35.5. The van der Waals surface area contributed by atoms with Crippen LogP contribution in [0.5, 0.6) is 0 Å². The molecule has 0 saturated heterocycles. The lowest BCUT2D eigenvalue weighted by Gasteiger charge is -2.16. The molecular weight excluding hydrogens is 478 g/mol. The molecule has 10 nitrogen and oxygen atoms in total. The van der Waals surface area contributed by atoms with E-state index in [4.69, 9.17) is 16.3 Å². The largest absolute Gasteiger partial charge is 0.449 e. The highest BCUT2D eigenvalue weighted by Gasteiger charge is 2.24. The van der Waals surface area contributed by atoms with Crippen molar-refractivity contribution in [1.29, 1.82) is 0 Å². The quantitative estimate of drug-likeness (QED) is 0.358. The zero-order valence-electron chi connectivity index (χ0n) is 16.9. The van der Waals surface area contributed by atoms with E-state index in [-0.39, 0.29) is 27.2 Å². The van der Waals surface area contributed by atoms with Crippen LogP contribution in [-0.4, -0.2) is 41.6 Å². The number of benzene rings is 1. The Morgan fingerprint density at radius 1 is 1.19 bits per heavy atom. The molecule has 3 rings (SSSR count). The molecule has 1 unspecified atom stereocenters. The topological polar surface area (TPSA) is 140 Å². The number of sulfonamides is 1. The Kier molecular flexibility index (Phi) is 7.38. The number of pyridine rings is 1. The van der Waals surface area contributed by atoms with Gasteiger partial charge in [0.15, 0.2) is 6.10 Å². The molecule has 2 N–H and O–H groups in total. The third kappa shape index (κ3) is 5.78. The number of hydrogen-bond donors (Lipinski definition) is 2. The van der Waals surface area contributed by atoms with E-state index in [1.165, 1.54) is 42.6 Å². The fraction of sp³-hybridized carbons (Fsp3) is 0.211. The van der Waals surface area contributed by atoms with Crippen molar-refractivity contribution >= 4 is 55.7 Å². The van der Waals surface area contributed by atoms with Gasteiger partial charge in [0, 0.05) is 11.9 Å². The first-order valence-electron chi connectivity index (χ1n) is 9.25. The van der Waals surface area contributed by atoms with Crippen molar-refractivity contribution in [3.63, 3.8) is 0 Å². The SMILES string of the molecule is CCC(OC(=O)c1cccnc1Cl)C(=O)Nc1ccc(S(=O)(=O)Nc2nnc(C)s2)cc1. The van der Waals surface area contributed by atoms with E-state index in [0.717, 1.165) is 11.3 Å². The number of ether oxygens (including phenoxy) is 1. The van der Waals surface area contributed by atoms with Crippen molar-refractivity contribution in [2.24, 2.45) is 0 Å². The predicted molar refractivity (Wildman–Crippen MR) is 119 cm³/mol. The minimum atomic E-state index is -3.86. The van der Waals surface area contributed by atoms with Crippen LogP contribution < -0.4 is 10.0 Å². The number of esters is 1. The minimum Gasteiger partial charge on any atom is -0.449 e. The Balaban J connectivity index is 1.65. The zero-order valence-corrected chi connectivity index (χ0v) is 19.3. The number of nitrogens with zero attached hydrogens (tertiary/aromatic N) is 3. The fourth-order valence-corrected chi connectivity index (χ4v) is 4.52. The number of nitrogens with one attached hydrogen (secondary N) is 2. The molecule has 0 radical (unpaired) electrons. The van der Waals surface area contributed by atoms with Gasteiger partial charge in [-0.05, 0) is 49.7 Å². The molecule has 0 spiro atoms. The Labute approximate surface area is 193 Å². The summed E-state index contributed by atoms with van der Waals surface area (Å²) in [5, 5.41) is 10.8. The predicted octanol–water partition coefficient (Wildman–Crippen LogP) is 3.27. The molecule has 2 aromatic heterocycles. The Hall–Kier alpha value is -3.09. The molecule has 0 aliphatic carbocycles. The third-order valence-corrected chi connectivity index (χ3v) is 6.61. The second-order valence-corrected chi connectivity index (χ2v) is 9.61. The van der Waals surface area contributed by atoms with Crippen LogP contribution in [0.2, 0.25) is 5.15 Å². The van der Waals surface area contributed by atoms with E-state index in [9.17, 15) is 18.0 Å². The van der Waals surface area contributed by atoms with Crippen LogP contribution in [0, 0.1) is 6.92 Å². The van der Waals surface area contributed by atoms with E-state index in [1.807, 2.05) is 0 Å². The fourth-order valence-electron chi connectivity index (χ4n) is 2.51. The molecule has 2 heterocycles. The molecule has 0 aliphatic heterocycles. The van der Waals surface area contributed by atoms with Gasteiger partial charge in [0.25, 0.3) is 15.9 Å². The van der Waals surface area contributed by atoms with Gasteiger partial charge in [-0.2, -0.15) is 0 Å². The van der Waals surface area contributed by atoms with Crippen LogP contribution in [-0.2, 0) is 19.6 Å². The number of amides is 1. The maximum absolute atomic E-state index is 12.5. The minimum absolute atomic E-state index is 0.0203. The third-order valence-electron chi connectivity index (χ3n) is 4.07. The molecule has 0 bridgehead atoms. The summed E-state index contributed by atoms with van der Waals surface area (Å²) in [7, 11) is -3.86. The number of rotatable bonds is 8. The van der Waals surface area contributed by atoms with E-state index in [1.54, 1.807) is 13.8 Å². The van der Waals surface area contributed by atoms with Gasteiger partial charge in [-0.25, -0.2) is 18.2 Å². The molecule has 3 aromatic rings. The zero-order chi connectivity index (χ0) is 23.3. The lowest BCUT2D eigenvalue weighted by molar-refractivity contribution is -0.124. The number of halogens is 1. The van der Waals surface area contributed by atoms with Gasteiger partial charge in [-0.15, -0.1) is 10.2 Å². The summed E-state index contributed by atoms with van der Waals surface area (Å²) >= 11 is 6.99. The maximum Gasteiger partial charge on any atom is 0.342 e. The highest BCUT2D eigenvalue weighted by Crippen LogP contribution is 2.21.